The van der Waals surface area contributed by atoms with Crippen LogP contribution in [0.4, 0.5) is 0 Å². The Morgan fingerprint density at radius 2 is 1.54 bits per heavy atom. The van der Waals surface area contributed by atoms with E-state index in [1.807, 2.05) is 79.7 Å². The Bertz CT molecular complexity index is 901. The molecule has 0 aliphatic heterocycles. The van der Waals surface area contributed by atoms with Crippen LogP contribution in [-0.4, -0.2) is 18.4 Å². The minimum atomic E-state index is -0.201. The van der Waals surface area contributed by atoms with Gasteiger partial charge >= 0.3 is 0 Å². The van der Waals surface area contributed by atoms with Gasteiger partial charge in [0.05, 0.1) is 19.0 Å². The number of nitrogens with one attached hydrogen (secondary N) is 2. The highest BCUT2D eigenvalue weighted by Crippen LogP contribution is 2.18. The maximum absolute atomic E-state index is 12.2. The van der Waals surface area contributed by atoms with Crippen molar-refractivity contribution in [2.24, 2.45) is 0 Å². The van der Waals surface area contributed by atoms with Crippen LogP contribution >= 0.6 is 0 Å². The molecule has 0 fully saturated rings. The van der Waals surface area contributed by atoms with E-state index < -0.39 is 0 Å². The van der Waals surface area contributed by atoms with Crippen molar-refractivity contribution in [2.45, 2.75) is 19.4 Å². The zero-order chi connectivity index (χ0) is 18.4. The van der Waals surface area contributed by atoms with Crippen molar-refractivity contribution in [2.75, 3.05) is 6.54 Å². The Labute approximate surface area is 153 Å². The number of amides is 2. The summed E-state index contributed by atoms with van der Waals surface area (Å²) in [6, 6.07) is 23.5. The van der Waals surface area contributed by atoms with E-state index in [1.54, 1.807) is 0 Å². The fourth-order valence-corrected chi connectivity index (χ4v) is 2.98. The van der Waals surface area contributed by atoms with Gasteiger partial charge in [-0.1, -0.05) is 72.8 Å². The van der Waals surface area contributed by atoms with Gasteiger partial charge in [-0.15, -0.1) is 0 Å². The monoisotopic (exact) mass is 346 g/mol. The number of hydrogen-bond donors (Lipinski definition) is 2. The first-order chi connectivity index (χ1) is 12.6. The summed E-state index contributed by atoms with van der Waals surface area (Å²) >= 11 is 0. The van der Waals surface area contributed by atoms with E-state index in [2.05, 4.69) is 10.6 Å². The van der Waals surface area contributed by atoms with Crippen LogP contribution in [0.5, 0.6) is 0 Å². The lowest BCUT2D eigenvalue weighted by atomic mass is 10.0. The Kier molecular flexibility index (Phi) is 5.64. The third-order valence-corrected chi connectivity index (χ3v) is 4.35. The second-order valence-corrected chi connectivity index (χ2v) is 6.29. The third-order valence-electron chi connectivity index (χ3n) is 4.35. The Hall–Kier alpha value is -3.14. The molecule has 0 aliphatic rings. The highest BCUT2D eigenvalue weighted by Gasteiger charge is 2.11. The van der Waals surface area contributed by atoms with Gasteiger partial charge < -0.3 is 10.6 Å². The molecule has 26 heavy (non-hydrogen) atoms. The summed E-state index contributed by atoms with van der Waals surface area (Å²) in [4.78, 5) is 24.3. The van der Waals surface area contributed by atoms with Gasteiger partial charge in [-0.2, -0.15) is 0 Å². The molecular weight excluding hydrogens is 324 g/mol. The van der Waals surface area contributed by atoms with Crippen molar-refractivity contribution in [3.05, 3.63) is 83.9 Å². The third kappa shape index (κ3) is 4.48. The van der Waals surface area contributed by atoms with Crippen molar-refractivity contribution in [1.29, 1.82) is 0 Å². The molecule has 3 aromatic rings. The van der Waals surface area contributed by atoms with E-state index in [9.17, 15) is 9.59 Å². The molecule has 2 amide bonds. The molecule has 0 radical (unpaired) electrons. The molecule has 0 aromatic heterocycles. The normalized spacial score (nSPS) is 11.7. The van der Waals surface area contributed by atoms with E-state index in [0.29, 0.717) is 0 Å². The van der Waals surface area contributed by atoms with E-state index in [1.165, 1.54) is 0 Å². The fraction of sp³-hybridized carbons (Fsp3) is 0.182. The van der Waals surface area contributed by atoms with E-state index in [0.717, 1.165) is 21.9 Å². The van der Waals surface area contributed by atoms with Crippen LogP contribution < -0.4 is 10.6 Å². The molecule has 1 atom stereocenters. The topological polar surface area (TPSA) is 58.2 Å². The van der Waals surface area contributed by atoms with Crippen LogP contribution in [0, 0.1) is 0 Å². The highest BCUT2D eigenvalue weighted by atomic mass is 16.2. The van der Waals surface area contributed by atoms with E-state index in [4.69, 9.17) is 0 Å². The van der Waals surface area contributed by atoms with Crippen molar-refractivity contribution >= 4 is 22.6 Å². The van der Waals surface area contributed by atoms with Crippen LogP contribution in [0.15, 0.2) is 72.8 Å². The molecule has 2 N–H and O–H groups in total. The van der Waals surface area contributed by atoms with Crippen molar-refractivity contribution in [3.8, 4) is 0 Å². The Morgan fingerprint density at radius 1 is 0.846 bits per heavy atom. The number of fused-ring (bicyclic) bond motifs is 1. The first kappa shape index (κ1) is 17.7. The van der Waals surface area contributed by atoms with Gasteiger partial charge in [0.1, 0.15) is 0 Å². The molecule has 0 saturated carbocycles. The number of hydrogen-bond acceptors (Lipinski definition) is 2. The molecule has 0 spiro atoms. The van der Waals surface area contributed by atoms with Crippen LogP contribution in [0.25, 0.3) is 10.8 Å². The van der Waals surface area contributed by atoms with E-state index >= 15 is 0 Å². The molecular formula is C22H22N2O2. The van der Waals surface area contributed by atoms with Crippen molar-refractivity contribution in [1.82, 2.24) is 10.6 Å². The Balaban J connectivity index is 1.53. The summed E-state index contributed by atoms with van der Waals surface area (Å²) in [7, 11) is 0. The molecule has 3 rings (SSSR count). The summed E-state index contributed by atoms with van der Waals surface area (Å²) in [6.07, 6.45) is 0.253. The summed E-state index contributed by atoms with van der Waals surface area (Å²) in [5.41, 5.74) is 1.99. The molecule has 0 bridgehead atoms. The van der Waals surface area contributed by atoms with Gasteiger partial charge in [-0.3, -0.25) is 9.59 Å². The van der Waals surface area contributed by atoms with Crippen LogP contribution in [0.3, 0.4) is 0 Å². The smallest absolute Gasteiger partial charge is 0.239 e. The predicted molar refractivity (Wildman–Crippen MR) is 104 cm³/mol. The van der Waals surface area contributed by atoms with Gasteiger partial charge in [-0.05, 0) is 28.8 Å². The average molecular weight is 346 g/mol. The molecule has 3 aromatic carbocycles. The quantitative estimate of drug-likeness (QED) is 0.719. The van der Waals surface area contributed by atoms with Gasteiger partial charge in [0.25, 0.3) is 0 Å². The number of benzene rings is 3. The lowest BCUT2D eigenvalue weighted by molar-refractivity contribution is -0.126. The van der Waals surface area contributed by atoms with Gasteiger partial charge in [-0.25, -0.2) is 0 Å². The standard InChI is InChI=1S/C22H22N2O2/c1-16(17-8-3-2-4-9-17)24-22(26)15-23-21(25)14-19-12-7-11-18-10-5-6-13-20(18)19/h2-13,16H,14-15H2,1H3,(H,23,25)(H,24,26)/t16-/m0/s1. The lowest BCUT2D eigenvalue weighted by Gasteiger charge is -2.14. The van der Waals surface area contributed by atoms with Crippen LogP contribution in [0.2, 0.25) is 0 Å². The van der Waals surface area contributed by atoms with Crippen molar-refractivity contribution in [3.63, 3.8) is 0 Å². The average Bonchev–Trinajstić information content (AvgIpc) is 2.67. The predicted octanol–water partition coefficient (Wildman–Crippen LogP) is 3.38. The van der Waals surface area contributed by atoms with Crippen molar-refractivity contribution < 1.29 is 9.59 Å². The largest absolute Gasteiger partial charge is 0.348 e. The minimum Gasteiger partial charge on any atom is -0.348 e. The van der Waals surface area contributed by atoms with Gasteiger partial charge in [0.2, 0.25) is 11.8 Å². The second kappa shape index (κ2) is 8.30. The SMILES string of the molecule is C[C@H](NC(=O)CNC(=O)Cc1cccc2ccccc12)c1ccccc1. The first-order valence-electron chi connectivity index (χ1n) is 8.71. The lowest BCUT2D eigenvalue weighted by Crippen LogP contribution is -2.38. The van der Waals surface area contributed by atoms with Crippen LogP contribution in [-0.2, 0) is 16.0 Å². The Morgan fingerprint density at radius 3 is 2.35 bits per heavy atom. The fourth-order valence-electron chi connectivity index (χ4n) is 2.98. The molecule has 4 nitrogen and oxygen atoms in total. The highest BCUT2D eigenvalue weighted by molar-refractivity contribution is 5.91. The zero-order valence-corrected chi connectivity index (χ0v) is 14.7. The minimum absolute atomic E-state index is 0.0270. The molecule has 0 unspecified atom stereocenters. The summed E-state index contributed by atoms with van der Waals surface area (Å²) in [6.45, 7) is 1.89. The summed E-state index contributed by atoms with van der Waals surface area (Å²) in [5, 5.41) is 7.76. The van der Waals surface area contributed by atoms with E-state index in [-0.39, 0.29) is 30.8 Å². The molecule has 0 aliphatic carbocycles. The number of carbonyl (C=O) groups is 2. The first-order valence-corrected chi connectivity index (χ1v) is 8.71. The van der Waals surface area contributed by atoms with Crippen LogP contribution in [0.1, 0.15) is 24.1 Å². The molecule has 0 saturated heterocycles. The molecule has 4 heteroatoms. The zero-order valence-electron chi connectivity index (χ0n) is 14.7. The summed E-state index contributed by atoms with van der Waals surface area (Å²) < 4.78 is 0. The number of rotatable bonds is 6. The van der Waals surface area contributed by atoms with Gasteiger partial charge in [0.15, 0.2) is 0 Å². The maximum Gasteiger partial charge on any atom is 0.239 e. The number of carbonyl (C=O) groups excluding carboxylic acids is 2. The molecule has 0 heterocycles. The summed E-state index contributed by atoms with van der Waals surface area (Å²) in [5.74, 6) is -0.364. The van der Waals surface area contributed by atoms with Gasteiger partial charge in [0, 0.05) is 0 Å². The second-order valence-electron chi connectivity index (χ2n) is 6.29. The molecule has 132 valence electrons. The maximum atomic E-state index is 12.2.